The highest BCUT2D eigenvalue weighted by Gasteiger charge is 2.58. The topological polar surface area (TPSA) is 52.6 Å². The van der Waals surface area contributed by atoms with Crippen LogP contribution in [0.2, 0.25) is 5.02 Å². The van der Waals surface area contributed by atoms with Gasteiger partial charge in [0.1, 0.15) is 12.2 Å². The van der Waals surface area contributed by atoms with Crippen LogP contribution < -0.4 is 0 Å². The molecule has 4 nitrogen and oxygen atoms in total. The van der Waals surface area contributed by atoms with Gasteiger partial charge in [0.15, 0.2) is 0 Å². The van der Waals surface area contributed by atoms with E-state index in [2.05, 4.69) is 6.92 Å². The average molecular weight is 596 g/mol. The van der Waals surface area contributed by atoms with Crippen molar-refractivity contribution in [2.24, 2.45) is 17.3 Å². The van der Waals surface area contributed by atoms with Crippen LogP contribution in [-0.2, 0) is 9.47 Å². The van der Waals surface area contributed by atoms with Crippen LogP contribution in [0, 0.1) is 24.2 Å². The van der Waals surface area contributed by atoms with Gasteiger partial charge in [-0.05, 0) is 60.4 Å². The number of ether oxygens (including phenoxy) is 2. The van der Waals surface area contributed by atoms with Gasteiger partial charge in [0, 0.05) is 22.3 Å². The second kappa shape index (κ2) is 11.4. The lowest BCUT2D eigenvalue weighted by Crippen LogP contribution is -2.58. The normalized spacial score (nSPS) is 27.6. The zero-order valence-electron chi connectivity index (χ0n) is 22.3. The average Bonchev–Trinajstić information content (AvgIpc) is 2.95. The molecule has 2 aliphatic carbocycles. The molecular weight excluding hydrogens is 567 g/mol. The minimum absolute atomic E-state index is 0.241. The molecule has 0 N–H and O–H groups in total. The molecule has 5 rings (SSSR count). The van der Waals surface area contributed by atoms with Gasteiger partial charge in [0.05, 0.1) is 21.2 Å². The minimum Gasteiger partial charge on any atom is -0.454 e. The predicted octanol–water partition coefficient (Wildman–Crippen LogP) is 8.71. The van der Waals surface area contributed by atoms with Crippen LogP contribution >= 0.6 is 34.8 Å². The van der Waals surface area contributed by atoms with E-state index in [1.165, 1.54) is 0 Å². The van der Waals surface area contributed by atoms with Gasteiger partial charge in [0.25, 0.3) is 0 Å². The SMILES string of the molecule is Cc1ccc(Cl)cc1C1C(OC(=O)c2ccccc2)C(OC(=O)c2ccccc2)C(C)C2(C)C=C(Cl)C(Cl)=CC12. The first-order chi connectivity index (χ1) is 19.1. The molecule has 3 aromatic rings. The molecule has 3 aromatic carbocycles. The van der Waals surface area contributed by atoms with E-state index in [1.807, 2.05) is 56.3 Å². The first-order valence-electron chi connectivity index (χ1n) is 13.1. The van der Waals surface area contributed by atoms with Crippen LogP contribution in [0.25, 0.3) is 0 Å². The van der Waals surface area contributed by atoms with E-state index in [0.29, 0.717) is 26.2 Å². The Kier molecular flexibility index (Phi) is 8.15. The molecule has 6 unspecified atom stereocenters. The summed E-state index contributed by atoms with van der Waals surface area (Å²) in [6.45, 7) is 6.06. The van der Waals surface area contributed by atoms with Crippen LogP contribution in [0.15, 0.2) is 101 Å². The molecule has 0 heterocycles. The Balaban J connectivity index is 1.68. The van der Waals surface area contributed by atoms with Crippen molar-refractivity contribution in [2.75, 3.05) is 0 Å². The van der Waals surface area contributed by atoms with Crippen molar-refractivity contribution in [1.82, 2.24) is 0 Å². The molecule has 7 heteroatoms. The van der Waals surface area contributed by atoms with Crippen LogP contribution in [0.3, 0.4) is 0 Å². The molecule has 0 radical (unpaired) electrons. The number of hydrogen-bond donors (Lipinski definition) is 0. The smallest absolute Gasteiger partial charge is 0.338 e. The third-order valence-corrected chi connectivity index (χ3v) is 9.33. The summed E-state index contributed by atoms with van der Waals surface area (Å²) in [6, 6.07) is 23.2. The number of rotatable bonds is 5. The van der Waals surface area contributed by atoms with Crippen molar-refractivity contribution >= 4 is 46.7 Å². The van der Waals surface area contributed by atoms with Crippen molar-refractivity contribution in [3.05, 3.63) is 128 Å². The lowest BCUT2D eigenvalue weighted by atomic mass is 9.53. The summed E-state index contributed by atoms with van der Waals surface area (Å²) < 4.78 is 12.6. The largest absolute Gasteiger partial charge is 0.454 e. The van der Waals surface area contributed by atoms with Crippen LogP contribution in [-0.4, -0.2) is 24.1 Å². The molecular formula is C33H29Cl3O4. The second-order valence-electron chi connectivity index (χ2n) is 10.7. The Bertz CT molecular complexity index is 1480. The maximum Gasteiger partial charge on any atom is 0.338 e. The van der Waals surface area contributed by atoms with Gasteiger partial charge in [0.2, 0.25) is 0 Å². The maximum atomic E-state index is 13.5. The third kappa shape index (κ3) is 5.33. The molecule has 1 fully saturated rings. The zero-order valence-corrected chi connectivity index (χ0v) is 24.6. The Hall–Kier alpha value is -3.05. The summed E-state index contributed by atoms with van der Waals surface area (Å²) in [4.78, 5) is 27.0. The summed E-state index contributed by atoms with van der Waals surface area (Å²) in [5.74, 6) is -2.00. The van der Waals surface area contributed by atoms with Gasteiger partial charge in [-0.15, -0.1) is 0 Å². The van der Waals surface area contributed by atoms with Crippen molar-refractivity contribution in [1.29, 1.82) is 0 Å². The van der Waals surface area contributed by atoms with Crippen molar-refractivity contribution in [2.45, 2.75) is 38.9 Å². The molecule has 0 aliphatic heterocycles. The summed E-state index contributed by atoms with van der Waals surface area (Å²) in [7, 11) is 0. The van der Waals surface area contributed by atoms with Gasteiger partial charge >= 0.3 is 11.9 Å². The molecule has 206 valence electrons. The number of hydrogen-bond acceptors (Lipinski definition) is 4. The number of carbonyl (C=O) groups is 2. The Morgan fingerprint density at radius 2 is 1.32 bits per heavy atom. The van der Waals surface area contributed by atoms with Gasteiger partial charge in [-0.1, -0.05) is 103 Å². The Labute approximate surface area is 249 Å². The zero-order chi connectivity index (χ0) is 28.6. The molecule has 0 bridgehead atoms. The molecule has 0 aromatic heterocycles. The Morgan fingerprint density at radius 3 is 1.90 bits per heavy atom. The number of carbonyl (C=O) groups excluding carboxylic acids is 2. The number of halogens is 3. The second-order valence-corrected chi connectivity index (χ2v) is 11.9. The highest BCUT2D eigenvalue weighted by Crippen LogP contribution is 2.59. The lowest BCUT2D eigenvalue weighted by molar-refractivity contribution is -0.121. The van der Waals surface area contributed by atoms with E-state index in [1.54, 1.807) is 48.5 Å². The Morgan fingerprint density at radius 1 is 0.775 bits per heavy atom. The maximum absolute atomic E-state index is 13.5. The first-order valence-corrected chi connectivity index (χ1v) is 14.3. The van der Waals surface area contributed by atoms with E-state index in [-0.39, 0.29) is 11.8 Å². The number of esters is 2. The fourth-order valence-electron chi connectivity index (χ4n) is 6.01. The van der Waals surface area contributed by atoms with Gasteiger partial charge in [-0.2, -0.15) is 0 Å². The summed E-state index contributed by atoms with van der Waals surface area (Å²) in [5.41, 5.74) is 2.07. The quantitative estimate of drug-likeness (QED) is 0.277. The van der Waals surface area contributed by atoms with Crippen molar-refractivity contribution in [3.8, 4) is 0 Å². The molecule has 1 saturated carbocycles. The summed E-state index contributed by atoms with van der Waals surface area (Å²) in [5, 5.41) is 1.40. The van der Waals surface area contributed by atoms with Crippen LogP contribution in [0.5, 0.6) is 0 Å². The molecule has 0 spiro atoms. The minimum atomic E-state index is -0.850. The molecule has 6 atom stereocenters. The summed E-state index contributed by atoms with van der Waals surface area (Å²) >= 11 is 19.7. The monoisotopic (exact) mass is 594 g/mol. The fourth-order valence-corrected chi connectivity index (χ4v) is 6.68. The number of fused-ring (bicyclic) bond motifs is 1. The highest BCUT2D eigenvalue weighted by atomic mass is 35.5. The number of benzene rings is 3. The molecule has 2 aliphatic rings. The van der Waals surface area contributed by atoms with E-state index >= 15 is 0 Å². The molecule has 0 saturated heterocycles. The van der Waals surface area contributed by atoms with Crippen molar-refractivity contribution < 1.29 is 19.1 Å². The fraction of sp³-hybridized carbons (Fsp3) is 0.273. The van der Waals surface area contributed by atoms with Gasteiger partial charge in [-0.3, -0.25) is 0 Å². The van der Waals surface area contributed by atoms with Gasteiger partial charge in [-0.25, -0.2) is 9.59 Å². The van der Waals surface area contributed by atoms with Crippen LogP contribution in [0.1, 0.15) is 51.6 Å². The predicted molar refractivity (Wildman–Crippen MR) is 159 cm³/mol. The first kappa shape index (κ1) is 28.5. The third-order valence-electron chi connectivity index (χ3n) is 8.35. The highest BCUT2D eigenvalue weighted by molar-refractivity contribution is 6.44. The van der Waals surface area contributed by atoms with Gasteiger partial charge < -0.3 is 9.47 Å². The molecule has 40 heavy (non-hydrogen) atoms. The molecule has 0 amide bonds. The lowest BCUT2D eigenvalue weighted by Gasteiger charge is -2.55. The van der Waals surface area contributed by atoms with Crippen LogP contribution in [0.4, 0.5) is 0 Å². The summed E-state index contributed by atoms with van der Waals surface area (Å²) in [6.07, 6.45) is 2.22. The van der Waals surface area contributed by atoms with E-state index in [4.69, 9.17) is 44.3 Å². The standard InChI is InChI=1S/C33H29Cl3O4/c1-19-14-15-23(34)16-24(19)28-25-17-26(35)27(36)18-33(25,3)20(2)29(39-31(37)21-10-6-4-7-11-21)30(28)40-32(38)22-12-8-5-9-13-22/h4-18,20,25,28-30H,1-3H3. The van der Waals surface area contributed by atoms with E-state index < -0.39 is 35.5 Å². The van der Waals surface area contributed by atoms with E-state index in [9.17, 15) is 9.59 Å². The van der Waals surface area contributed by atoms with Crippen molar-refractivity contribution in [3.63, 3.8) is 0 Å². The number of aryl methyl sites for hydroxylation is 1. The number of allylic oxidation sites excluding steroid dienone is 4. The van der Waals surface area contributed by atoms with E-state index in [0.717, 1.165) is 11.1 Å².